The number of nitrogens with zero attached hydrogens (tertiary/aromatic N) is 2. The van der Waals surface area contributed by atoms with Gasteiger partial charge in [-0.15, -0.1) is 11.3 Å². The van der Waals surface area contributed by atoms with Crippen LogP contribution in [-0.4, -0.2) is 9.97 Å². The van der Waals surface area contributed by atoms with Crippen LogP contribution in [-0.2, 0) is 12.2 Å². The van der Waals surface area contributed by atoms with Crippen molar-refractivity contribution < 1.29 is 4.42 Å². The molecule has 8 heteroatoms. The molecule has 132 valence electrons. The zero-order chi connectivity index (χ0) is 18.1. The molecule has 0 saturated carbocycles. The summed E-state index contributed by atoms with van der Waals surface area (Å²) in [6.45, 7) is 0. The van der Waals surface area contributed by atoms with Crippen LogP contribution in [0.2, 0.25) is 15.1 Å². The van der Waals surface area contributed by atoms with E-state index in [9.17, 15) is 0 Å². The number of oxazole rings is 1. The van der Waals surface area contributed by atoms with Gasteiger partial charge in [0.05, 0.1) is 20.7 Å². The van der Waals surface area contributed by atoms with Crippen molar-refractivity contribution in [1.29, 1.82) is 0 Å². The first-order valence-electron chi connectivity index (χ1n) is 7.63. The third-order valence-corrected chi connectivity index (χ3v) is 6.35. The van der Waals surface area contributed by atoms with Crippen LogP contribution in [0.25, 0.3) is 11.1 Å². The van der Waals surface area contributed by atoms with Gasteiger partial charge in [-0.2, -0.15) is 0 Å². The number of aromatic nitrogens is 2. The second kappa shape index (κ2) is 7.79. The number of halogens is 3. The van der Waals surface area contributed by atoms with Gasteiger partial charge in [0.1, 0.15) is 5.52 Å². The van der Waals surface area contributed by atoms with Crippen molar-refractivity contribution in [3.8, 4) is 0 Å². The van der Waals surface area contributed by atoms with Gasteiger partial charge in [0.2, 0.25) is 0 Å². The molecule has 0 fully saturated rings. The second-order valence-electron chi connectivity index (χ2n) is 5.54. The fraction of sp³-hybridized carbons (Fsp3) is 0.111. The zero-order valence-corrected chi connectivity index (χ0v) is 17.1. The predicted octanol–water partition coefficient (Wildman–Crippen LogP) is 7.13. The maximum atomic E-state index is 6.07. The predicted molar refractivity (Wildman–Crippen MR) is 110 cm³/mol. The Kier molecular flexibility index (Phi) is 5.43. The minimum Gasteiger partial charge on any atom is -0.431 e. The first-order chi connectivity index (χ1) is 12.6. The highest BCUT2D eigenvalue weighted by molar-refractivity contribution is 7.98. The van der Waals surface area contributed by atoms with E-state index in [-0.39, 0.29) is 0 Å². The summed E-state index contributed by atoms with van der Waals surface area (Å²) < 4.78 is 5.71. The van der Waals surface area contributed by atoms with E-state index in [4.69, 9.17) is 39.2 Å². The Labute approximate surface area is 173 Å². The minimum absolute atomic E-state index is 0.561. The molecule has 26 heavy (non-hydrogen) atoms. The minimum atomic E-state index is 0.561. The monoisotopic (exact) mass is 440 g/mol. The van der Waals surface area contributed by atoms with E-state index in [0.29, 0.717) is 26.0 Å². The average Bonchev–Trinajstić information content (AvgIpc) is 3.22. The van der Waals surface area contributed by atoms with E-state index in [2.05, 4.69) is 15.3 Å². The summed E-state index contributed by atoms with van der Waals surface area (Å²) >= 11 is 21.1. The van der Waals surface area contributed by atoms with Gasteiger partial charge in [-0.05, 0) is 35.9 Å². The topological polar surface area (TPSA) is 38.9 Å². The maximum absolute atomic E-state index is 6.07. The Balaban J connectivity index is 1.41. The average molecular weight is 442 g/mol. The van der Waals surface area contributed by atoms with Gasteiger partial charge in [-0.25, -0.2) is 9.97 Å². The first-order valence-corrected chi connectivity index (χ1v) is 10.6. The quantitative estimate of drug-likeness (QED) is 0.309. The van der Waals surface area contributed by atoms with Crippen molar-refractivity contribution in [1.82, 2.24) is 9.97 Å². The van der Waals surface area contributed by atoms with Crippen molar-refractivity contribution in [2.75, 3.05) is 0 Å². The molecule has 0 aliphatic carbocycles. The van der Waals surface area contributed by atoms with Crippen molar-refractivity contribution in [3.05, 3.63) is 73.1 Å². The molecule has 0 N–H and O–H groups in total. The summed E-state index contributed by atoms with van der Waals surface area (Å²) in [6, 6.07) is 11.1. The third kappa shape index (κ3) is 4.18. The molecule has 4 aromatic rings. The van der Waals surface area contributed by atoms with Crippen LogP contribution in [0, 0.1) is 0 Å². The lowest BCUT2D eigenvalue weighted by Gasteiger charge is -2.00. The molecule has 0 spiro atoms. The molecular formula is C18H11Cl3N2OS2. The summed E-state index contributed by atoms with van der Waals surface area (Å²) in [5.41, 5.74) is 3.58. The van der Waals surface area contributed by atoms with Crippen LogP contribution in [0.3, 0.4) is 0 Å². The number of hydrogen-bond donors (Lipinski definition) is 0. The van der Waals surface area contributed by atoms with Gasteiger partial charge in [0, 0.05) is 22.6 Å². The standard InChI is InChI=1S/C18H11Cl3N2OS2/c19-11-2-4-16-15(7-11)23-18(24-16)26-9-12-8-25-17(22-12)6-10-1-3-13(20)14(21)5-10/h1-5,7-8H,6,9H2. The van der Waals surface area contributed by atoms with Gasteiger partial charge in [0.25, 0.3) is 5.22 Å². The molecule has 0 atom stereocenters. The van der Waals surface area contributed by atoms with Gasteiger partial charge < -0.3 is 4.42 Å². The van der Waals surface area contributed by atoms with Crippen LogP contribution in [0.5, 0.6) is 0 Å². The zero-order valence-electron chi connectivity index (χ0n) is 13.2. The third-order valence-electron chi connectivity index (χ3n) is 3.61. The summed E-state index contributed by atoms with van der Waals surface area (Å²) in [5, 5.41) is 5.47. The Morgan fingerprint density at radius 2 is 1.88 bits per heavy atom. The Hall–Kier alpha value is -1.24. The van der Waals surface area contributed by atoms with Crippen LogP contribution < -0.4 is 0 Å². The van der Waals surface area contributed by atoms with Crippen LogP contribution >= 0.6 is 57.9 Å². The highest BCUT2D eigenvalue weighted by Crippen LogP contribution is 2.29. The van der Waals surface area contributed by atoms with Crippen LogP contribution in [0.4, 0.5) is 0 Å². The smallest absolute Gasteiger partial charge is 0.257 e. The molecule has 4 rings (SSSR count). The molecule has 0 amide bonds. The molecule has 0 aliphatic rings. The summed E-state index contributed by atoms with van der Waals surface area (Å²) in [7, 11) is 0. The van der Waals surface area contributed by atoms with E-state index in [0.717, 1.165) is 33.8 Å². The molecule has 0 bridgehead atoms. The normalized spacial score (nSPS) is 11.3. The van der Waals surface area contributed by atoms with E-state index in [1.165, 1.54) is 11.8 Å². The molecule has 0 saturated heterocycles. The SMILES string of the molecule is Clc1ccc2oc(SCc3csc(Cc4ccc(Cl)c(Cl)c4)n3)nc2c1. The van der Waals surface area contributed by atoms with Crippen molar-refractivity contribution in [2.45, 2.75) is 17.4 Å². The van der Waals surface area contributed by atoms with E-state index < -0.39 is 0 Å². The lowest BCUT2D eigenvalue weighted by atomic mass is 10.2. The van der Waals surface area contributed by atoms with Gasteiger partial charge in [0.15, 0.2) is 5.58 Å². The lowest BCUT2D eigenvalue weighted by Crippen LogP contribution is -1.89. The molecular weight excluding hydrogens is 431 g/mol. The van der Waals surface area contributed by atoms with Crippen molar-refractivity contribution in [3.63, 3.8) is 0 Å². The molecule has 2 aromatic carbocycles. The summed E-state index contributed by atoms with van der Waals surface area (Å²) in [6.07, 6.45) is 0.730. The van der Waals surface area contributed by atoms with Gasteiger partial charge in [-0.1, -0.05) is 52.6 Å². The Morgan fingerprint density at radius 1 is 1.00 bits per heavy atom. The molecule has 3 nitrogen and oxygen atoms in total. The summed E-state index contributed by atoms with van der Waals surface area (Å²) in [4.78, 5) is 9.11. The Bertz CT molecular complexity index is 1080. The van der Waals surface area contributed by atoms with E-state index >= 15 is 0 Å². The first kappa shape index (κ1) is 18.1. The van der Waals surface area contributed by atoms with Crippen molar-refractivity contribution >= 4 is 69.0 Å². The maximum Gasteiger partial charge on any atom is 0.257 e. The number of thiazole rings is 1. The highest BCUT2D eigenvalue weighted by atomic mass is 35.5. The molecule has 2 heterocycles. The fourth-order valence-electron chi connectivity index (χ4n) is 2.40. The molecule has 0 unspecified atom stereocenters. The number of hydrogen-bond acceptors (Lipinski definition) is 5. The largest absolute Gasteiger partial charge is 0.431 e. The van der Waals surface area contributed by atoms with Crippen molar-refractivity contribution in [2.24, 2.45) is 0 Å². The van der Waals surface area contributed by atoms with E-state index in [1.54, 1.807) is 23.5 Å². The summed E-state index contributed by atoms with van der Waals surface area (Å²) in [5.74, 6) is 0.693. The van der Waals surface area contributed by atoms with E-state index in [1.807, 2.05) is 24.3 Å². The number of rotatable bonds is 5. The molecule has 0 radical (unpaired) electrons. The molecule has 2 aromatic heterocycles. The number of fused-ring (bicyclic) bond motifs is 1. The number of thioether (sulfide) groups is 1. The number of benzene rings is 2. The van der Waals surface area contributed by atoms with Crippen LogP contribution in [0.15, 0.2) is 51.4 Å². The molecule has 0 aliphatic heterocycles. The van der Waals surface area contributed by atoms with Gasteiger partial charge >= 0.3 is 0 Å². The fourth-order valence-corrected chi connectivity index (χ4v) is 4.55. The van der Waals surface area contributed by atoms with Gasteiger partial charge in [-0.3, -0.25) is 0 Å². The van der Waals surface area contributed by atoms with Crippen LogP contribution in [0.1, 0.15) is 16.3 Å². The highest BCUT2D eigenvalue weighted by Gasteiger charge is 2.10. The second-order valence-corrected chi connectivity index (χ2v) is 8.66. The lowest BCUT2D eigenvalue weighted by molar-refractivity contribution is 0.489. The Morgan fingerprint density at radius 3 is 2.73 bits per heavy atom.